The van der Waals surface area contributed by atoms with Crippen molar-refractivity contribution < 1.29 is 27.9 Å². The van der Waals surface area contributed by atoms with Crippen LogP contribution in [0.25, 0.3) is 0 Å². The molecule has 252 valence electrons. The van der Waals surface area contributed by atoms with Crippen molar-refractivity contribution in [1.82, 2.24) is 9.62 Å². The molecule has 0 saturated carbocycles. The largest absolute Gasteiger partial charge is 0.392 e. The molecule has 0 aromatic heterocycles. The van der Waals surface area contributed by atoms with E-state index in [1.807, 2.05) is 48.5 Å². The molecule has 2 aliphatic rings. The van der Waals surface area contributed by atoms with Crippen LogP contribution in [0.15, 0.2) is 108 Å². The molecule has 6 rings (SSSR count). The lowest BCUT2D eigenvalue weighted by Gasteiger charge is -2.44. The van der Waals surface area contributed by atoms with E-state index in [0.717, 1.165) is 54.1 Å². The molecule has 2 N–H and O–H groups in total. The maximum atomic E-state index is 12.7. The number of nitrogens with one attached hydrogen (secondary N) is 1. The molecule has 0 bridgehead atoms. The first kappa shape index (κ1) is 33.7. The predicted octanol–water partition coefficient (Wildman–Crippen LogP) is 5.18. The highest BCUT2D eigenvalue weighted by atomic mass is 32.2. The van der Waals surface area contributed by atoms with Gasteiger partial charge >= 0.3 is 0 Å². The summed E-state index contributed by atoms with van der Waals surface area (Å²) in [6.45, 7) is 6.18. The van der Waals surface area contributed by atoms with Crippen LogP contribution < -0.4 is 9.62 Å². The molecule has 0 aliphatic carbocycles. The number of non-ortho nitro benzene ring substituents is 1. The number of ether oxygens (including phenoxy) is 2. The third-order valence-electron chi connectivity index (χ3n) is 9.13. The van der Waals surface area contributed by atoms with Crippen molar-refractivity contribution in [3.05, 3.63) is 135 Å². The van der Waals surface area contributed by atoms with Gasteiger partial charge in [0.2, 0.25) is 10.0 Å². The van der Waals surface area contributed by atoms with Gasteiger partial charge in [-0.05, 0) is 41.0 Å². The van der Waals surface area contributed by atoms with Crippen LogP contribution in [0.4, 0.5) is 11.4 Å². The third kappa shape index (κ3) is 7.92. The van der Waals surface area contributed by atoms with Crippen molar-refractivity contribution in [2.24, 2.45) is 5.92 Å². The lowest BCUT2D eigenvalue weighted by Crippen LogP contribution is -2.51. The second-order valence-corrected chi connectivity index (χ2v) is 14.0. The molecule has 0 radical (unpaired) electrons. The van der Waals surface area contributed by atoms with Crippen LogP contribution >= 0.6 is 0 Å². The number of aliphatic hydroxyl groups excluding tert-OH is 1. The number of aliphatic hydroxyl groups is 1. The van der Waals surface area contributed by atoms with E-state index < -0.39 is 16.3 Å². The number of anilines is 1. The van der Waals surface area contributed by atoms with Crippen LogP contribution in [0.2, 0.25) is 0 Å². The zero-order chi connectivity index (χ0) is 33.7. The second kappa shape index (κ2) is 14.9. The summed E-state index contributed by atoms with van der Waals surface area (Å²) in [5.41, 5.74) is 4.53. The van der Waals surface area contributed by atoms with Gasteiger partial charge in [-0.1, -0.05) is 73.7 Å². The Kier molecular flexibility index (Phi) is 10.5. The van der Waals surface area contributed by atoms with Crippen molar-refractivity contribution >= 4 is 21.4 Å². The molecule has 2 heterocycles. The quantitative estimate of drug-likeness (QED) is 0.163. The number of nitro groups is 1. The summed E-state index contributed by atoms with van der Waals surface area (Å²) >= 11 is 0. The van der Waals surface area contributed by atoms with Crippen molar-refractivity contribution in [2.75, 3.05) is 37.6 Å². The van der Waals surface area contributed by atoms with Crippen molar-refractivity contribution in [1.29, 1.82) is 0 Å². The number of rotatable bonds is 11. The summed E-state index contributed by atoms with van der Waals surface area (Å²) in [4.78, 5) is 15.5. The van der Waals surface area contributed by atoms with E-state index in [0.29, 0.717) is 6.54 Å². The Morgan fingerprint density at radius 3 is 2.08 bits per heavy atom. The van der Waals surface area contributed by atoms with E-state index in [2.05, 4.69) is 21.4 Å². The standard InChI is InChI=1S/C36H40N4O7S/c1-26-34(24-38-19-21-39(22-20-38)31-15-17-32(18-16-31)40(42)43)46-36(47-35(26)29-11-9-28(25-41)10-12-29)30-13-7-27(8-14-30)23-37-48(44,45)33-5-3-2-4-6-33/h2-18,26,34-37,41H,19-25H2,1H3/t26-,34+,35+,36+/m1/s1. The van der Waals surface area contributed by atoms with Crippen molar-refractivity contribution in [2.45, 2.75) is 43.5 Å². The molecule has 0 spiro atoms. The summed E-state index contributed by atoms with van der Waals surface area (Å²) < 4.78 is 41.3. The number of hydrogen-bond donors (Lipinski definition) is 2. The molecule has 2 aliphatic heterocycles. The van der Waals surface area contributed by atoms with E-state index in [-0.39, 0.29) is 46.8 Å². The normalized spacial score (nSPS) is 22.0. The zero-order valence-corrected chi connectivity index (χ0v) is 27.5. The fourth-order valence-corrected chi connectivity index (χ4v) is 7.25. The van der Waals surface area contributed by atoms with Crippen molar-refractivity contribution in [3.8, 4) is 0 Å². The maximum absolute atomic E-state index is 12.7. The maximum Gasteiger partial charge on any atom is 0.269 e. The van der Waals surface area contributed by atoms with Crippen LogP contribution in [0.3, 0.4) is 0 Å². The first-order valence-corrected chi connectivity index (χ1v) is 17.5. The molecule has 48 heavy (non-hydrogen) atoms. The summed E-state index contributed by atoms with van der Waals surface area (Å²) in [5.74, 6) is 0.0283. The van der Waals surface area contributed by atoms with Gasteiger partial charge < -0.3 is 19.5 Å². The Labute approximate surface area is 280 Å². The fraction of sp³-hybridized carbons (Fsp3) is 0.333. The highest BCUT2D eigenvalue weighted by molar-refractivity contribution is 7.89. The lowest BCUT2D eigenvalue weighted by molar-refractivity contribution is -0.384. The Morgan fingerprint density at radius 2 is 1.46 bits per heavy atom. The minimum absolute atomic E-state index is 0.0283. The Balaban J connectivity index is 1.14. The molecular formula is C36H40N4O7S. The van der Waals surface area contributed by atoms with E-state index >= 15 is 0 Å². The fourth-order valence-electron chi connectivity index (χ4n) is 6.21. The van der Waals surface area contributed by atoms with Crippen LogP contribution in [0, 0.1) is 16.0 Å². The topological polar surface area (TPSA) is 134 Å². The van der Waals surface area contributed by atoms with Gasteiger partial charge in [-0.15, -0.1) is 0 Å². The van der Waals surface area contributed by atoms with Gasteiger partial charge in [0.1, 0.15) is 0 Å². The number of sulfonamides is 1. The van der Waals surface area contributed by atoms with Crippen LogP contribution in [0.5, 0.6) is 0 Å². The number of hydrogen-bond acceptors (Lipinski definition) is 9. The average Bonchev–Trinajstić information content (AvgIpc) is 3.12. The van der Waals surface area contributed by atoms with E-state index in [4.69, 9.17) is 9.47 Å². The number of piperazine rings is 1. The van der Waals surface area contributed by atoms with Crippen molar-refractivity contribution in [3.63, 3.8) is 0 Å². The SMILES string of the molecule is C[C@@H]1[C@H](CN2CCN(c3ccc([N+](=O)[O-])cc3)CC2)O[C@H](c2ccc(CNS(=O)(=O)c3ccccc3)cc2)O[C@@H]1c1ccc(CO)cc1. The molecular weight excluding hydrogens is 632 g/mol. The van der Waals surface area contributed by atoms with Gasteiger partial charge in [0.05, 0.1) is 28.6 Å². The lowest BCUT2D eigenvalue weighted by atomic mass is 9.90. The second-order valence-electron chi connectivity index (χ2n) is 12.3. The summed E-state index contributed by atoms with van der Waals surface area (Å²) in [6, 6.07) is 30.4. The number of nitrogens with zero attached hydrogens (tertiary/aromatic N) is 3. The van der Waals surface area contributed by atoms with Gasteiger partial charge in [-0.2, -0.15) is 0 Å². The Morgan fingerprint density at radius 1 is 0.833 bits per heavy atom. The molecule has 0 unspecified atom stereocenters. The van der Waals surface area contributed by atoms with Gasteiger partial charge in [-0.25, -0.2) is 13.1 Å². The van der Waals surface area contributed by atoms with Gasteiger partial charge in [0, 0.05) is 68.6 Å². The first-order valence-electron chi connectivity index (χ1n) is 16.1. The molecule has 11 nitrogen and oxygen atoms in total. The number of benzene rings is 4. The monoisotopic (exact) mass is 672 g/mol. The molecule has 12 heteroatoms. The van der Waals surface area contributed by atoms with Gasteiger partial charge in [0.25, 0.3) is 5.69 Å². The van der Waals surface area contributed by atoms with E-state index in [9.17, 15) is 23.6 Å². The Bertz CT molecular complexity index is 1760. The molecule has 4 aromatic carbocycles. The first-order chi connectivity index (χ1) is 23.2. The highest BCUT2D eigenvalue weighted by Crippen LogP contribution is 2.42. The van der Waals surface area contributed by atoms with Crippen LogP contribution in [-0.4, -0.2) is 62.2 Å². The molecule has 2 saturated heterocycles. The minimum atomic E-state index is -3.63. The number of nitro benzene ring substituents is 1. The van der Waals surface area contributed by atoms with Crippen LogP contribution in [-0.2, 0) is 32.6 Å². The van der Waals surface area contributed by atoms with E-state index in [1.54, 1.807) is 54.6 Å². The zero-order valence-electron chi connectivity index (χ0n) is 26.7. The summed E-state index contributed by atoms with van der Waals surface area (Å²) in [5, 5.41) is 20.6. The molecule has 4 atom stereocenters. The molecule has 4 aromatic rings. The molecule has 2 fully saturated rings. The highest BCUT2D eigenvalue weighted by Gasteiger charge is 2.39. The minimum Gasteiger partial charge on any atom is -0.392 e. The van der Waals surface area contributed by atoms with Crippen LogP contribution in [0.1, 0.15) is 41.6 Å². The molecule has 0 amide bonds. The smallest absolute Gasteiger partial charge is 0.269 e. The summed E-state index contributed by atoms with van der Waals surface area (Å²) in [6.07, 6.45) is -1.03. The van der Waals surface area contributed by atoms with E-state index in [1.165, 1.54) is 0 Å². The summed E-state index contributed by atoms with van der Waals surface area (Å²) in [7, 11) is -3.63. The Hall–Kier alpha value is -4.17. The average molecular weight is 673 g/mol. The predicted molar refractivity (Wildman–Crippen MR) is 182 cm³/mol. The van der Waals surface area contributed by atoms with Gasteiger partial charge in [0.15, 0.2) is 6.29 Å². The van der Waals surface area contributed by atoms with Gasteiger partial charge in [-0.3, -0.25) is 15.0 Å². The third-order valence-corrected chi connectivity index (χ3v) is 10.5.